The lowest BCUT2D eigenvalue weighted by Crippen LogP contribution is -2.21. The molecule has 0 bridgehead atoms. The van der Waals surface area contributed by atoms with Gasteiger partial charge in [-0.25, -0.2) is 13.1 Å². The number of nitrogens with one attached hydrogen (secondary N) is 1. The fraction of sp³-hybridized carbons (Fsp3) is 1.00. The maximum absolute atomic E-state index is 10.0. The van der Waals surface area contributed by atoms with Crippen LogP contribution in [0.4, 0.5) is 0 Å². The third kappa shape index (κ3) is 2.55. The molecule has 0 aliphatic rings. The van der Waals surface area contributed by atoms with Crippen molar-refractivity contribution >= 4 is 10.0 Å². The molecule has 44 valence electrons. The molecule has 0 aromatic rings. The molecular weight excluding hydrogens is 118 g/mol. The summed E-state index contributed by atoms with van der Waals surface area (Å²) in [7, 11) is -2.11. The van der Waals surface area contributed by atoms with E-state index in [0.717, 1.165) is 0 Å². The van der Waals surface area contributed by atoms with Crippen LogP contribution in [-0.4, -0.2) is 26.5 Å². The molecule has 0 rings (SSSR count). The highest BCUT2D eigenvalue weighted by molar-refractivity contribution is 7.89. The number of rotatable bonds is 2. The molecule has 5 heteroatoms. The van der Waals surface area contributed by atoms with Gasteiger partial charge in [0, 0.05) is 0 Å². The van der Waals surface area contributed by atoms with Crippen molar-refractivity contribution in [2.75, 3.05) is 13.0 Å². The summed E-state index contributed by atoms with van der Waals surface area (Å²) in [4.78, 5) is 0. The summed E-state index contributed by atoms with van der Waals surface area (Å²) < 4.78 is 21.9. The van der Waals surface area contributed by atoms with E-state index >= 15 is 0 Å². The Bertz CT molecular complexity index is 116. The van der Waals surface area contributed by atoms with Gasteiger partial charge < -0.3 is 5.11 Å². The Labute approximate surface area is 42.2 Å². The van der Waals surface area contributed by atoms with E-state index in [9.17, 15) is 8.42 Å². The summed E-state index contributed by atoms with van der Waals surface area (Å²) in [5, 5.41) is 7.94. The van der Waals surface area contributed by atoms with Crippen LogP contribution in [0.15, 0.2) is 0 Å². The lowest BCUT2D eigenvalue weighted by molar-refractivity contribution is 0.357. The summed E-state index contributed by atoms with van der Waals surface area (Å²) in [5.74, 6) is -0.844. The zero-order chi connectivity index (χ0) is 5.91. The summed E-state index contributed by atoms with van der Waals surface area (Å²) in [5.41, 5.74) is 0. The number of aliphatic hydroxyl groups excluding tert-OH is 1. The first kappa shape index (κ1) is 6.87. The summed E-state index contributed by atoms with van der Waals surface area (Å²) in [6.07, 6.45) is 0. The fourth-order valence-corrected chi connectivity index (χ4v) is 0.194. The highest BCUT2D eigenvalue weighted by atomic mass is 32.2. The second-order valence-corrected chi connectivity index (χ2v) is 2.84. The quantitative estimate of drug-likeness (QED) is 0.471. The minimum atomic E-state index is -3.35. The molecule has 0 aromatic heterocycles. The molecule has 0 saturated carbocycles. The molecule has 4 nitrogen and oxygen atoms in total. The number of aliphatic hydroxyl groups is 1. The van der Waals surface area contributed by atoms with Crippen molar-refractivity contribution in [1.82, 2.24) is 4.72 Å². The van der Waals surface area contributed by atoms with Gasteiger partial charge in [0.15, 0.2) is 5.94 Å². The Hall–Kier alpha value is -0.130. The fourth-order valence-electron chi connectivity index (χ4n) is 0.0645. The van der Waals surface area contributed by atoms with Gasteiger partial charge in [-0.3, -0.25) is 0 Å². The first-order valence-electron chi connectivity index (χ1n) is 1.64. The van der Waals surface area contributed by atoms with E-state index in [-0.39, 0.29) is 0 Å². The lowest BCUT2D eigenvalue weighted by Gasteiger charge is -1.91. The maximum Gasteiger partial charge on any atom is 0.235 e. The molecule has 0 aliphatic carbocycles. The minimum absolute atomic E-state index is 0.844. The van der Waals surface area contributed by atoms with Gasteiger partial charge in [-0.05, 0) is 7.05 Å². The van der Waals surface area contributed by atoms with Crippen molar-refractivity contribution in [3.05, 3.63) is 0 Å². The molecular formula is C2H7NO3S. The Kier molecular flexibility index (Phi) is 2.21. The molecule has 0 radical (unpaired) electrons. The second kappa shape index (κ2) is 2.25. The number of sulfonamides is 1. The standard InChI is InChI=1S/C2H7NO3S/c1-3-7(5,6)2-4/h3-4H,2H2,1H3. The van der Waals surface area contributed by atoms with Crippen molar-refractivity contribution in [3.8, 4) is 0 Å². The van der Waals surface area contributed by atoms with Gasteiger partial charge in [-0.1, -0.05) is 0 Å². The molecule has 0 unspecified atom stereocenters. The minimum Gasteiger partial charge on any atom is -0.379 e. The molecule has 0 amide bonds. The number of hydrogen-bond acceptors (Lipinski definition) is 3. The second-order valence-electron chi connectivity index (χ2n) is 0.948. The topological polar surface area (TPSA) is 66.4 Å². The van der Waals surface area contributed by atoms with E-state index in [1.807, 2.05) is 4.72 Å². The summed E-state index contributed by atoms with van der Waals surface area (Å²) in [6.45, 7) is 0. The number of hydrogen-bond donors (Lipinski definition) is 2. The van der Waals surface area contributed by atoms with Crippen LogP contribution in [-0.2, 0) is 10.0 Å². The normalized spacial score (nSPS) is 11.7. The Morgan fingerprint density at radius 1 is 1.71 bits per heavy atom. The Morgan fingerprint density at radius 3 is 2.14 bits per heavy atom. The van der Waals surface area contributed by atoms with Gasteiger partial charge in [0.2, 0.25) is 10.0 Å². The highest BCUT2D eigenvalue weighted by Crippen LogP contribution is 1.72. The molecule has 7 heavy (non-hydrogen) atoms. The molecule has 0 fully saturated rings. The van der Waals surface area contributed by atoms with Gasteiger partial charge in [-0.15, -0.1) is 0 Å². The van der Waals surface area contributed by atoms with Crippen molar-refractivity contribution in [3.63, 3.8) is 0 Å². The Balaban J connectivity index is 3.89. The largest absolute Gasteiger partial charge is 0.379 e. The molecule has 0 aromatic carbocycles. The van der Waals surface area contributed by atoms with E-state index in [1.165, 1.54) is 7.05 Å². The van der Waals surface area contributed by atoms with Crippen molar-refractivity contribution in [2.45, 2.75) is 0 Å². The van der Waals surface area contributed by atoms with Gasteiger partial charge >= 0.3 is 0 Å². The smallest absolute Gasteiger partial charge is 0.235 e. The van der Waals surface area contributed by atoms with E-state index in [1.54, 1.807) is 0 Å². The molecule has 0 spiro atoms. The predicted molar refractivity (Wildman–Crippen MR) is 25.1 cm³/mol. The van der Waals surface area contributed by atoms with E-state index in [0.29, 0.717) is 0 Å². The zero-order valence-electron chi connectivity index (χ0n) is 3.88. The molecule has 0 aliphatic heterocycles. The monoisotopic (exact) mass is 125 g/mol. The lowest BCUT2D eigenvalue weighted by atomic mass is 11.6. The third-order valence-electron chi connectivity index (χ3n) is 0.481. The van der Waals surface area contributed by atoms with Crippen molar-refractivity contribution in [1.29, 1.82) is 0 Å². The van der Waals surface area contributed by atoms with Crippen LogP contribution in [0.1, 0.15) is 0 Å². The SMILES string of the molecule is CNS(=O)(=O)CO. The highest BCUT2D eigenvalue weighted by Gasteiger charge is 1.99. The van der Waals surface area contributed by atoms with Crippen LogP contribution in [0.5, 0.6) is 0 Å². The average molecular weight is 125 g/mol. The van der Waals surface area contributed by atoms with Crippen molar-refractivity contribution in [2.24, 2.45) is 0 Å². The molecule has 0 saturated heterocycles. The molecule has 0 atom stereocenters. The van der Waals surface area contributed by atoms with Crippen LogP contribution in [0, 0.1) is 0 Å². The van der Waals surface area contributed by atoms with Gasteiger partial charge in [-0.2, -0.15) is 0 Å². The van der Waals surface area contributed by atoms with Crippen LogP contribution in [0.3, 0.4) is 0 Å². The first-order valence-corrected chi connectivity index (χ1v) is 3.29. The average Bonchev–Trinajstić information content (AvgIpc) is 1.68. The zero-order valence-corrected chi connectivity index (χ0v) is 4.70. The van der Waals surface area contributed by atoms with Crippen LogP contribution in [0.2, 0.25) is 0 Å². The van der Waals surface area contributed by atoms with Gasteiger partial charge in [0.25, 0.3) is 0 Å². The molecule has 0 heterocycles. The van der Waals surface area contributed by atoms with E-state index in [4.69, 9.17) is 5.11 Å². The van der Waals surface area contributed by atoms with Crippen LogP contribution < -0.4 is 4.72 Å². The van der Waals surface area contributed by atoms with E-state index in [2.05, 4.69) is 0 Å². The predicted octanol–water partition coefficient (Wildman–Crippen LogP) is -1.51. The van der Waals surface area contributed by atoms with Crippen LogP contribution in [0.25, 0.3) is 0 Å². The first-order chi connectivity index (χ1) is 3.12. The van der Waals surface area contributed by atoms with Gasteiger partial charge in [0.1, 0.15) is 0 Å². The van der Waals surface area contributed by atoms with E-state index < -0.39 is 16.0 Å². The Morgan fingerprint density at radius 2 is 2.14 bits per heavy atom. The molecule has 2 N–H and O–H groups in total. The van der Waals surface area contributed by atoms with Crippen LogP contribution >= 0.6 is 0 Å². The summed E-state index contributed by atoms with van der Waals surface area (Å²) in [6, 6.07) is 0. The summed E-state index contributed by atoms with van der Waals surface area (Å²) >= 11 is 0. The maximum atomic E-state index is 10.0. The third-order valence-corrected chi connectivity index (χ3v) is 1.44. The van der Waals surface area contributed by atoms with Gasteiger partial charge in [0.05, 0.1) is 0 Å². The van der Waals surface area contributed by atoms with Crippen molar-refractivity contribution < 1.29 is 13.5 Å².